The first-order chi connectivity index (χ1) is 16.9. The fraction of sp³-hybridized carbons (Fsp3) is 0.320. The lowest BCUT2D eigenvalue weighted by Crippen LogP contribution is -2.48. The molecule has 0 amide bonds. The molecule has 0 bridgehead atoms. The van der Waals surface area contributed by atoms with Gasteiger partial charge in [-0.1, -0.05) is 17.3 Å². The van der Waals surface area contributed by atoms with Gasteiger partial charge in [-0.15, -0.1) is 0 Å². The number of fused-ring (bicyclic) bond motifs is 1. The molecule has 2 aromatic carbocycles. The summed E-state index contributed by atoms with van der Waals surface area (Å²) in [6.07, 6.45) is 1.70. The zero-order valence-corrected chi connectivity index (χ0v) is 20.5. The molecule has 2 aromatic heterocycles. The fourth-order valence-corrected chi connectivity index (χ4v) is 5.80. The van der Waals surface area contributed by atoms with Crippen molar-refractivity contribution in [2.75, 3.05) is 32.8 Å². The predicted octanol–water partition coefficient (Wildman–Crippen LogP) is 3.50. The van der Waals surface area contributed by atoms with E-state index in [0.717, 1.165) is 22.3 Å². The number of aromatic nitrogens is 3. The van der Waals surface area contributed by atoms with Crippen molar-refractivity contribution in [2.24, 2.45) is 0 Å². The Kier molecular flexibility index (Phi) is 6.50. The van der Waals surface area contributed by atoms with Gasteiger partial charge in [0.1, 0.15) is 10.6 Å². The summed E-state index contributed by atoms with van der Waals surface area (Å²) >= 11 is 0. The highest BCUT2D eigenvalue weighted by molar-refractivity contribution is 7.89. The van der Waals surface area contributed by atoms with Gasteiger partial charge < -0.3 is 9.26 Å². The highest BCUT2D eigenvalue weighted by Gasteiger charge is 2.30. The molecule has 0 N–H and O–H groups in total. The van der Waals surface area contributed by atoms with Gasteiger partial charge >= 0.3 is 0 Å². The number of aryl methyl sites for hydroxylation is 1. The van der Waals surface area contributed by atoms with E-state index in [1.165, 1.54) is 4.31 Å². The molecule has 3 heterocycles. The monoisotopic (exact) mass is 493 g/mol. The van der Waals surface area contributed by atoms with E-state index in [0.29, 0.717) is 56.6 Å². The zero-order valence-electron chi connectivity index (χ0n) is 19.7. The first-order valence-electron chi connectivity index (χ1n) is 11.6. The molecule has 0 radical (unpaired) electrons. The largest absolute Gasteiger partial charge is 0.494 e. The number of benzene rings is 2. The Morgan fingerprint density at radius 1 is 1.06 bits per heavy atom. The van der Waals surface area contributed by atoms with Crippen molar-refractivity contribution in [2.45, 2.75) is 25.3 Å². The van der Waals surface area contributed by atoms with Crippen LogP contribution < -0.4 is 4.74 Å². The molecule has 10 heteroatoms. The van der Waals surface area contributed by atoms with Crippen LogP contribution in [0.5, 0.6) is 5.75 Å². The Balaban J connectivity index is 1.23. The summed E-state index contributed by atoms with van der Waals surface area (Å²) in [5, 5.41) is 4.91. The van der Waals surface area contributed by atoms with Gasteiger partial charge in [-0.25, -0.2) is 8.42 Å². The SMILES string of the molecule is CCOc1ccc(-c2noc(CN3CCN(S(=O)(=O)c4cccc5cc(C)cnc45)CC3)n2)cc1. The zero-order chi connectivity index (χ0) is 24.4. The molecular weight excluding hydrogens is 466 g/mol. The first-order valence-corrected chi connectivity index (χ1v) is 13.0. The molecule has 0 saturated carbocycles. The Labute approximate surface area is 204 Å². The maximum absolute atomic E-state index is 13.4. The summed E-state index contributed by atoms with van der Waals surface area (Å²) in [5.41, 5.74) is 2.35. The molecule has 182 valence electrons. The van der Waals surface area contributed by atoms with E-state index in [-0.39, 0.29) is 4.90 Å². The molecule has 5 rings (SSSR count). The van der Waals surface area contributed by atoms with Crippen molar-refractivity contribution < 1.29 is 17.7 Å². The number of piperazine rings is 1. The van der Waals surface area contributed by atoms with Gasteiger partial charge in [0.05, 0.1) is 18.7 Å². The topological polar surface area (TPSA) is 102 Å². The van der Waals surface area contributed by atoms with Gasteiger partial charge in [0.25, 0.3) is 0 Å². The number of pyridine rings is 1. The number of para-hydroxylation sites is 1. The summed E-state index contributed by atoms with van der Waals surface area (Å²) in [7, 11) is -3.65. The average Bonchev–Trinajstić information content (AvgIpc) is 3.33. The van der Waals surface area contributed by atoms with Crippen molar-refractivity contribution in [3.05, 3.63) is 66.2 Å². The van der Waals surface area contributed by atoms with Crippen LogP contribution in [0.1, 0.15) is 18.4 Å². The van der Waals surface area contributed by atoms with Crippen molar-refractivity contribution in [1.29, 1.82) is 0 Å². The second-order valence-corrected chi connectivity index (χ2v) is 10.4. The van der Waals surface area contributed by atoms with E-state index in [4.69, 9.17) is 9.26 Å². The van der Waals surface area contributed by atoms with Crippen LogP contribution in [-0.2, 0) is 16.6 Å². The van der Waals surface area contributed by atoms with Crippen molar-refractivity contribution >= 4 is 20.9 Å². The van der Waals surface area contributed by atoms with Crippen LogP contribution in [0.2, 0.25) is 0 Å². The lowest BCUT2D eigenvalue weighted by Gasteiger charge is -2.33. The minimum absolute atomic E-state index is 0.250. The summed E-state index contributed by atoms with van der Waals surface area (Å²) in [4.78, 5) is 11.3. The van der Waals surface area contributed by atoms with Gasteiger partial charge in [0.2, 0.25) is 21.7 Å². The Bertz CT molecular complexity index is 1430. The van der Waals surface area contributed by atoms with Gasteiger partial charge in [-0.05, 0) is 55.8 Å². The molecule has 1 aliphatic heterocycles. The maximum atomic E-state index is 13.4. The van der Waals surface area contributed by atoms with Crippen LogP contribution in [-0.4, -0.2) is 65.5 Å². The average molecular weight is 494 g/mol. The number of nitrogens with zero attached hydrogens (tertiary/aromatic N) is 5. The minimum Gasteiger partial charge on any atom is -0.494 e. The van der Waals surface area contributed by atoms with Crippen LogP contribution in [0.25, 0.3) is 22.3 Å². The minimum atomic E-state index is -3.65. The molecule has 0 aliphatic carbocycles. The second-order valence-electron chi connectivity index (χ2n) is 8.49. The normalized spacial score (nSPS) is 15.5. The third kappa shape index (κ3) is 4.90. The summed E-state index contributed by atoms with van der Waals surface area (Å²) in [6, 6.07) is 14.8. The Morgan fingerprint density at radius 2 is 1.83 bits per heavy atom. The second kappa shape index (κ2) is 9.73. The quantitative estimate of drug-likeness (QED) is 0.386. The summed E-state index contributed by atoms with van der Waals surface area (Å²) < 4.78 is 39.2. The highest BCUT2D eigenvalue weighted by atomic mass is 32.2. The van der Waals surface area contributed by atoms with E-state index in [1.807, 2.05) is 50.2 Å². The van der Waals surface area contributed by atoms with Crippen molar-refractivity contribution in [3.63, 3.8) is 0 Å². The Hall–Kier alpha value is -3.34. The summed E-state index contributed by atoms with van der Waals surface area (Å²) in [5.74, 6) is 1.81. The van der Waals surface area contributed by atoms with Crippen LogP contribution in [0.15, 0.2) is 64.1 Å². The van der Waals surface area contributed by atoms with Crippen LogP contribution in [0.3, 0.4) is 0 Å². The van der Waals surface area contributed by atoms with Crippen LogP contribution in [0.4, 0.5) is 0 Å². The third-order valence-corrected chi connectivity index (χ3v) is 7.94. The van der Waals surface area contributed by atoms with Crippen molar-refractivity contribution in [1.82, 2.24) is 24.3 Å². The predicted molar refractivity (Wildman–Crippen MR) is 131 cm³/mol. The summed E-state index contributed by atoms with van der Waals surface area (Å²) in [6.45, 7) is 6.85. The number of hydrogen-bond donors (Lipinski definition) is 0. The van der Waals surface area contributed by atoms with Crippen LogP contribution in [0, 0.1) is 6.92 Å². The molecule has 1 aliphatic rings. The van der Waals surface area contributed by atoms with Gasteiger partial charge in [0, 0.05) is 43.3 Å². The van der Waals surface area contributed by atoms with E-state index >= 15 is 0 Å². The molecule has 0 spiro atoms. The van der Waals surface area contributed by atoms with Gasteiger partial charge in [-0.3, -0.25) is 9.88 Å². The molecule has 1 fully saturated rings. The van der Waals surface area contributed by atoms with E-state index in [1.54, 1.807) is 18.3 Å². The van der Waals surface area contributed by atoms with Gasteiger partial charge in [0.15, 0.2) is 0 Å². The standard InChI is InChI=1S/C25H27N5O4S/c1-3-33-21-9-7-19(8-10-21)25-27-23(34-28-25)17-29-11-13-30(14-12-29)35(31,32)22-6-4-5-20-15-18(2)16-26-24(20)22/h4-10,15-16H,3,11-14,17H2,1-2H3. The molecule has 9 nitrogen and oxygen atoms in total. The van der Waals surface area contributed by atoms with E-state index in [9.17, 15) is 8.42 Å². The number of sulfonamides is 1. The van der Waals surface area contributed by atoms with E-state index < -0.39 is 10.0 Å². The Morgan fingerprint density at radius 3 is 2.57 bits per heavy atom. The van der Waals surface area contributed by atoms with Gasteiger partial charge in [-0.2, -0.15) is 9.29 Å². The molecule has 0 unspecified atom stereocenters. The number of rotatable bonds is 7. The molecule has 0 atom stereocenters. The lowest BCUT2D eigenvalue weighted by atomic mass is 10.2. The maximum Gasteiger partial charge on any atom is 0.245 e. The number of ether oxygens (including phenoxy) is 1. The molecule has 35 heavy (non-hydrogen) atoms. The van der Waals surface area contributed by atoms with E-state index in [2.05, 4.69) is 20.0 Å². The first kappa shape index (κ1) is 23.4. The highest BCUT2D eigenvalue weighted by Crippen LogP contribution is 2.26. The smallest absolute Gasteiger partial charge is 0.245 e. The fourth-order valence-electron chi connectivity index (χ4n) is 4.21. The number of hydrogen-bond acceptors (Lipinski definition) is 8. The van der Waals surface area contributed by atoms with Crippen molar-refractivity contribution in [3.8, 4) is 17.1 Å². The lowest BCUT2D eigenvalue weighted by molar-refractivity contribution is 0.163. The molecular formula is C25H27N5O4S. The third-order valence-electron chi connectivity index (χ3n) is 6.01. The van der Waals surface area contributed by atoms with Crippen LogP contribution >= 0.6 is 0 Å². The molecule has 1 saturated heterocycles. The molecule has 4 aromatic rings.